The molecule has 1 fully saturated rings. The molecule has 1 heterocycles. The van der Waals surface area contributed by atoms with E-state index in [2.05, 4.69) is 10.6 Å². The molecule has 1 aliphatic heterocycles. The van der Waals surface area contributed by atoms with Crippen LogP contribution in [0.5, 0.6) is 0 Å². The Bertz CT molecular complexity index is 1220. The van der Waals surface area contributed by atoms with Crippen LogP contribution in [-0.2, 0) is 19.6 Å². The normalized spacial score (nSPS) is 17.0. The molecule has 0 spiro atoms. The number of benzene rings is 2. The number of nitrogens with zero attached hydrogens (tertiary/aromatic N) is 2. The summed E-state index contributed by atoms with van der Waals surface area (Å²) in [4.78, 5) is 39.1. The number of aliphatic carboxylic acids is 1. The molecule has 36 heavy (non-hydrogen) atoms. The first-order chi connectivity index (χ1) is 17.0. The fourth-order valence-electron chi connectivity index (χ4n) is 4.04. The van der Waals surface area contributed by atoms with Gasteiger partial charge in [-0.15, -0.1) is 0 Å². The Morgan fingerprint density at radius 3 is 2.44 bits per heavy atom. The van der Waals surface area contributed by atoms with Crippen LogP contribution in [0.3, 0.4) is 0 Å². The zero-order valence-corrected chi connectivity index (χ0v) is 20.8. The van der Waals surface area contributed by atoms with Gasteiger partial charge in [-0.1, -0.05) is 31.2 Å². The second-order valence-corrected chi connectivity index (χ2v) is 10.5. The topological polar surface area (TPSA) is 136 Å². The van der Waals surface area contributed by atoms with Crippen molar-refractivity contribution in [2.24, 2.45) is 0 Å². The lowest BCUT2D eigenvalue weighted by Gasteiger charge is -2.30. The third-order valence-corrected chi connectivity index (χ3v) is 7.70. The SMILES string of the molecule is CCCS(=O)(=O)N1CCN(C(=O)Nc2cccc(C)c2)C1C(=O)NC(CC(=O)O)c1ccc(F)cc1. The van der Waals surface area contributed by atoms with E-state index in [9.17, 15) is 32.3 Å². The van der Waals surface area contributed by atoms with Gasteiger partial charge in [-0.3, -0.25) is 14.5 Å². The van der Waals surface area contributed by atoms with Gasteiger partial charge in [0.25, 0.3) is 5.91 Å². The van der Waals surface area contributed by atoms with E-state index in [-0.39, 0.29) is 18.8 Å². The number of carboxylic acid groups (broad SMARTS) is 1. The van der Waals surface area contributed by atoms with E-state index in [1.165, 1.54) is 12.1 Å². The Hall–Kier alpha value is -3.51. The minimum absolute atomic E-state index is 0.0428. The average molecular weight is 521 g/mol. The van der Waals surface area contributed by atoms with Crippen molar-refractivity contribution in [3.8, 4) is 0 Å². The van der Waals surface area contributed by atoms with Gasteiger partial charge in [0.1, 0.15) is 5.82 Å². The van der Waals surface area contributed by atoms with Crippen LogP contribution in [0.15, 0.2) is 48.5 Å². The molecule has 0 bridgehead atoms. The summed E-state index contributed by atoms with van der Waals surface area (Å²) in [6.45, 7) is 3.39. The zero-order valence-electron chi connectivity index (χ0n) is 20.0. The van der Waals surface area contributed by atoms with E-state index < -0.39 is 52.4 Å². The molecule has 2 aromatic carbocycles. The summed E-state index contributed by atoms with van der Waals surface area (Å²) in [5, 5.41) is 14.6. The predicted molar refractivity (Wildman–Crippen MR) is 131 cm³/mol. The van der Waals surface area contributed by atoms with Gasteiger partial charge in [0.15, 0.2) is 6.17 Å². The van der Waals surface area contributed by atoms with Gasteiger partial charge in [-0.05, 0) is 48.7 Å². The molecule has 3 amide bonds. The number of carbonyl (C=O) groups excluding carboxylic acids is 2. The van der Waals surface area contributed by atoms with Crippen LogP contribution in [0.4, 0.5) is 14.9 Å². The summed E-state index contributed by atoms with van der Waals surface area (Å²) >= 11 is 0. The maximum absolute atomic E-state index is 13.5. The minimum Gasteiger partial charge on any atom is -0.481 e. The summed E-state index contributed by atoms with van der Waals surface area (Å²) in [7, 11) is -3.89. The highest BCUT2D eigenvalue weighted by atomic mass is 32.2. The predicted octanol–water partition coefficient (Wildman–Crippen LogP) is 2.68. The molecule has 0 saturated carbocycles. The van der Waals surface area contributed by atoms with E-state index in [1.807, 2.05) is 13.0 Å². The van der Waals surface area contributed by atoms with Crippen LogP contribution in [-0.4, -0.2) is 65.6 Å². The second-order valence-electron chi connectivity index (χ2n) is 8.50. The zero-order chi connectivity index (χ0) is 26.5. The van der Waals surface area contributed by atoms with Crippen LogP contribution in [0.25, 0.3) is 0 Å². The van der Waals surface area contributed by atoms with Gasteiger partial charge in [0.2, 0.25) is 10.0 Å². The highest BCUT2D eigenvalue weighted by Gasteiger charge is 2.46. The highest BCUT2D eigenvalue weighted by molar-refractivity contribution is 7.89. The van der Waals surface area contributed by atoms with E-state index in [0.29, 0.717) is 17.7 Å². The number of rotatable bonds is 9. The van der Waals surface area contributed by atoms with Crippen molar-refractivity contribution in [1.82, 2.24) is 14.5 Å². The molecule has 2 unspecified atom stereocenters. The van der Waals surface area contributed by atoms with Crippen molar-refractivity contribution in [3.63, 3.8) is 0 Å². The van der Waals surface area contributed by atoms with Crippen molar-refractivity contribution in [3.05, 3.63) is 65.5 Å². The number of aryl methyl sites for hydroxylation is 1. The molecule has 0 aromatic heterocycles. The summed E-state index contributed by atoms with van der Waals surface area (Å²) in [6, 6.07) is 10.2. The fourth-order valence-corrected chi connectivity index (χ4v) is 5.67. The van der Waals surface area contributed by atoms with Gasteiger partial charge >= 0.3 is 12.0 Å². The Morgan fingerprint density at radius 2 is 1.83 bits per heavy atom. The molecule has 0 radical (unpaired) electrons. The Kier molecular flexibility index (Phi) is 8.64. The number of anilines is 1. The van der Waals surface area contributed by atoms with Crippen LogP contribution in [0, 0.1) is 12.7 Å². The molecule has 1 saturated heterocycles. The Morgan fingerprint density at radius 1 is 1.14 bits per heavy atom. The fraction of sp³-hybridized carbons (Fsp3) is 0.375. The number of halogens is 1. The molecule has 10 nitrogen and oxygen atoms in total. The van der Waals surface area contributed by atoms with Crippen LogP contribution in [0.2, 0.25) is 0 Å². The number of sulfonamides is 1. The molecule has 2 aromatic rings. The highest BCUT2D eigenvalue weighted by Crippen LogP contribution is 2.24. The van der Waals surface area contributed by atoms with Crippen LogP contribution >= 0.6 is 0 Å². The molecular weight excluding hydrogens is 491 g/mol. The quantitative estimate of drug-likeness (QED) is 0.465. The van der Waals surface area contributed by atoms with Gasteiger partial charge in [-0.2, -0.15) is 4.31 Å². The Labute approximate surface area is 209 Å². The summed E-state index contributed by atoms with van der Waals surface area (Å²) in [5.41, 5.74) is 1.69. The number of nitrogens with one attached hydrogen (secondary N) is 2. The number of carbonyl (C=O) groups is 3. The number of carboxylic acids is 1. The molecule has 194 valence electrons. The number of urea groups is 1. The monoisotopic (exact) mass is 520 g/mol. The second kappa shape index (κ2) is 11.5. The summed E-state index contributed by atoms with van der Waals surface area (Å²) < 4.78 is 40.2. The maximum Gasteiger partial charge on any atom is 0.323 e. The lowest BCUT2D eigenvalue weighted by molar-refractivity contribution is -0.138. The van der Waals surface area contributed by atoms with Crippen molar-refractivity contribution in [2.45, 2.75) is 38.9 Å². The van der Waals surface area contributed by atoms with E-state index in [4.69, 9.17) is 0 Å². The van der Waals surface area contributed by atoms with Gasteiger partial charge in [0.05, 0.1) is 18.2 Å². The van der Waals surface area contributed by atoms with E-state index in [0.717, 1.165) is 26.9 Å². The van der Waals surface area contributed by atoms with E-state index >= 15 is 0 Å². The van der Waals surface area contributed by atoms with Crippen molar-refractivity contribution >= 4 is 33.6 Å². The number of hydrogen-bond acceptors (Lipinski definition) is 5. The number of amides is 3. The molecule has 2 atom stereocenters. The van der Waals surface area contributed by atoms with Gasteiger partial charge in [0, 0.05) is 18.8 Å². The first-order valence-corrected chi connectivity index (χ1v) is 13.0. The molecular formula is C24H29FN4O6S. The molecule has 0 aliphatic carbocycles. The van der Waals surface area contributed by atoms with Crippen molar-refractivity contribution < 1.29 is 32.3 Å². The standard InChI is InChI=1S/C24H29FN4O6S/c1-3-13-36(34,35)29-12-11-28(24(33)26-19-6-4-5-16(2)14-19)23(29)22(32)27-20(15-21(30)31)17-7-9-18(25)10-8-17/h4-10,14,20,23H,3,11-13,15H2,1-2H3,(H,26,33)(H,27,32)(H,30,31). The molecule has 12 heteroatoms. The number of hydrogen-bond donors (Lipinski definition) is 3. The summed E-state index contributed by atoms with van der Waals surface area (Å²) in [6.07, 6.45) is -1.75. The summed E-state index contributed by atoms with van der Waals surface area (Å²) in [5.74, 6) is -2.84. The largest absolute Gasteiger partial charge is 0.481 e. The first-order valence-electron chi connectivity index (χ1n) is 11.4. The smallest absolute Gasteiger partial charge is 0.323 e. The average Bonchev–Trinajstić information content (AvgIpc) is 3.25. The minimum atomic E-state index is -3.89. The van der Waals surface area contributed by atoms with E-state index in [1.54, 1.807) is 25.1 Å². The molecule has 3 rings (SSSR count). The van der Waals surface area contributed by atoms with Gasteiger partial charge in [-0.25, -0.2) is 17.6 Å². The molecule has 3 N–H and O–H groups in total. The van der Waals surface area contributed by atoms with Crippen LogP contribution in [0.1, 0.15) is 36.9 Å². The first kappa shape index (κ1) is 27.1. The lowest BCUT2D eigenvalue weighted by Crippen LogP contribution is -2.55. The van der Waals surface area contributed by atoms with Crippen molar-refractivity contribution in [2.75, 3.05) is 24.2 Å². The third kappa shape index (κ3) is 6.58. The van der Waals surface area contributed by atoms with Crippen molar-refractivity contribution in [1.29, 1.82) is 0 Å². The maximum atomic E-state index is 13.5. The third-order valence-electron chi connectivity index (χ3n) is 5.68. The van der Waals surface area contributed by atoms with Gasteiger partial charge < -0.3 is 15.7 Å². The lowest BCUT2D eigenvalue weighted by atomic mass is 10.0. The van der Waals surface area contributed by atoms with Crippen LogP contribution < -0.4 is 10.6 Å². The Balaban J connectivity index is 1.91. The molecule has 1 aliphatic rings.